The molecule has 0 bridgehead atoms. The molecule has 0 aliphatic carbocycles. The molecule has 3 heterocycles. The molecule has 1 amide bonds. The van der Waals surface area contributed by atoms with E-state index in [1.807, 2.05) is 0 Å². The molecule has 0 radical (unpaired) electrons. The number of hydrazine groups is 1. The summed E-state index contributed by atoms with van der Waals surface area (Å²) in [5.41, 5.74) is 2.99. The lowest BCUT2D eigenvalue weighted by Crippen LogP contribution is -2.60. The summed E-state index contributed by atoms with van der Waals surface area (Å²) < 4.78 is 4.77. The van der Waals surface area contributed by atoms with Crippen LogP contribution in [-0.2, 0) is 14.3 Å². The van der Waals surface area contributed by atoms with Crippen molar-refractivity contribution in [1.29, 1.82) is 0 Å². The lowest BCUT2D eigenvalue weighted by molar-refractivity contribution is -0.155. The van der Waals surface area contributed by atoms with Crippen molar-refractivity contribution in [2.24, 2.45) is 5.92 Å². The second-order valence-electron chi connectivity index (χ2n) is 6.10. The summed E-state index contributed by atoms with van der Waals surface area (Å²) in [5.74, 6) is -1.99. The van der Waals surface area contributed by atoms with E-state index in [9.17, 15) is 24.6 Å². The second-order valence-corrected chi connectivity index (χ2v) is 7.32. The first-order valence-corrected chi connectivity index (χ1v) is 8.74. The average Bonchev–Trinajstić information content (AvgIpc) is 3.07. The first-order valence-electron chi connectivity index (χ1n) is 7.86. The van der Waals surface area contributed by atoms with Gasteiger partial charge < -0.3 is 20.1 Å². The molecule has 4 atom stereocenters. The van der Waals surface area contributed by atoms with Crippen LogP contribution in [0.25, 0.3) is 0 Å². The molecule has 2 saturated heterocycles. The van der Waals surface area contributed by atoms with Crippen molar-refractivity contribution in [2.45, 2.75) is 37.3 Å². The van der Waals surface area contributed by atoms with E-state index in [0.717, 1.165) is 6.42 Å². The van der Waals surface area contributed by atoms with Crippen LogP contribution in [0.2, 0.25) is 0 Å². The number of β-lactam (4-membered cyclic amide) rings is 1. The molecule has 25 heavy (non-hydrogen) atoms. The quantitative estimate of drug-likeness (QED) is 0.366. The number of thioether (sulfide) groups is 1. The third-order valence-electron chi connectivity index (χ3n) is 4.49. The fourth-order valence-corrected chi connectivity index (χ4v) is 4.77. The van der Waals surface area contributed by atoms with Crippen molar-refractivity contribution in [3.63, 3.8) is 0 Å². The lowest BCUT2D eigenvalue weighted by Gasteiger charge is -2.43. The molecule has 138 valence electrons. The highest BCUT2D eigenvalue weighted by molar-refractivity contribution is 8.04. The Labute approximate surface area is 147 Å². The summed E-state index contributed by atoms with van der Waals surface area (Å²) in [4.78, 5) is 36.0. The number of hydrogen-bond donors (Lipinski definition) is 4. The van der Waals surface area contributed by atoms with Gasteiger partial charge in [0.05, 0.1) is 16.9 Å². The molecule has 3 aliphatic heterocycles. The van der Waals surface area contributed by atoms with Gasteiger partial charge in [-0.3, -0.25) is 14.5 Å². The van der Waals surface area contributed by atoms with Crippen molar-refractivity contribution in [2.75, 3.05) is 13.1 Å². The monoisotopic (exact) mass is 373 g/mol. The number of nitrogens with one attached hydrogen (secondary N) is 1. The number of carbonyl (C=O) groups is 3. The predicted molar refractivity (Wildman–Crippen MR) is 84.9 cm³/mol. The number of fused-ring (bicyclic) bond motifs is 1. The highest BCUT2D eigenvalue weighted by atomic mass is 32.2. The molecule has 4 N–H and O–H groups in total. The van der Waals surface area contributed by atoms with Crippen LogP contribution in [-0.4, -0.2) is 73.9 Å². The van der Waals surface area contributed by atoms with Crippen molar-refractivity contribution < 1.29 is 34.4 Å². The van der Waals surface area contributed by atoms with E-state index in [0.29, 0.717) is 17.9 Å². The molecular weight excluding hydrogens is 354 g/mol. The zero-order valence-corrected chi connectivity index (χ0v) is 14.2. The van der Waals surface area contributed by atoms with E-state index in [4.69, 9.17) is 9.84 Å². The lowest BCUT2D eigenvalue weighted by atomic mass is 9.93. The number of rotatable bonds is 6. The molecule has 10 nitrogen and oxygen atoms in total. The van der Waals surface area contributed by atoms with Crippen LogP contribution < -0.4 is 5.43 Å². The van der Waals surface area contributed by atoms with Crippen molar-refractivity contribution >= 4 is 29.8 Å². The molecule has 0 spiro atoms. The molecule has 2 fully saturated rings. The number of aliphatic hydroxyl groups is 1. The Balaban J connectivity index is 1.72. The third-order valence-corrected chi connectivity index (χ3v) is 5.84. The van der Waals surface area contributed by atoms with Crippen molar-refractivity contribution in [3.05, 3.63) is 10.8 Å². The summed E-state index contributed by atoms with van der Waals surface area (Å²) in [7, 11) is 0. The SMILES string of the molecule is C[C@@H](O)[C@H]1C(=O)N2C(OC(=O)O)=C(CNN3CCC[C@@H]3C(=O)O)S[C@H]12. The number of amides is 1. The summed E-state index contributed by atoms with van der Waals surface area (Å²) in [6, 6.07) is -0.639. The van der Waals surface area contributed by atoms with Crippen LogP contribution in [0.4, 0.5) is 4.79 Å². The highest BCUT2D eigenvalue weighted by Gasteiger charge is 2.57. The number of hydrogen-bond acceptors (Lipinski definition) is 8. The number of nitrogens with zero attached hydrogens (tertiary/aromatic N) is 2. The van der Waals surface area contributed by atoms with Gasteiger partial charge in [0.25, 0.3) is 0 Å². The smallest absolute Gasteiger partial charge is 0.480 e. The maximum atomic E-state index is 12.2. The maximum Gasteiger partial charge on any atom is 0.512 e. The molecule has 11 heteroatoms. The Hall–Kier alpha value is -1.82. The van der Waals surface area contributed by atoms with Crippen LogP contribution >= 0.6 is 11.8 Å². The summed E-state index contributed by atoms with van der Waals surface area (Å²) in [5, 5.41) is 29.0. The topological polar surface area (TPSA) is 140 Å². The Morgan fingerprint density at radius 2 is 2.16 bits per heavy atom. The van der Waals surface area contributed by atoms with Gasteiger partial charge in [0.15, 0.2) is 0 Å². The van der Waals surface area contributed by atoms with Gasteiger partial charge in [-0.25, -0.2) is 15.2 Å². The van der Waals surface area contributed by atoms with Crippen LogP contribution in [0.1, 0.15) is 19.8 Å². The zero-order valence-electron chi connectivity index (χ0n) is 13.4. The van der Waals surface area contributed by atoms with Crippen LogP contribution in [0.3, 0.4) is 0 Å². The molecule has 0 aromatic rings. The number of carboxylic acid groups (broad SMARTS) is 2. The van der Waals surface area contributed by atoms with Gasteiger partial charge in [-0.15, -0.1) is 0 Å². The highest BCUT2D eigenvalue weighted by Crippen LogP contribution is 2.50. The molecule has 3 aliphatic rings. The second kappa shape index (κ2) is 6.83. The number of carboxylic acids is 1. The molecule has 0 aromatic heterocycles. The molecule has 0 saturated carbocycles. The number of aliphatic hydroxyl groups excluding tert-OH is 1. The van der Waals surface area contributed by atoms with E-state index in [2.05, 4.69) is 5.43 Å². The first-order chi connectivity index (χ1) is 11.8. The van der Waals surface area contributed by atoms with E-state index in [1.54, 1.807) is 5.01 Å². The van der Waals surface area contributed by atoms with Crippen LogP contribution in [0.5, 0.6) is 0 Å². The Morgan fingerprint density at radius 1 is 1.44 bits per heavy atom. The van der Waals surface area contributed by atoms with Crippen molar-refractivity contribution in [3.8, 4) is 0 Å². The van der Waals surface area contributed by atoms with Gasteiger partial charge in [-0.1, -0.05) is 11.8 Å². The zero-order chi connectivity index (χ0) is 18.3. The predicted octanol–water partition coefficient (Wildman–Crippen LogP) is -0.184. The van der Waals surface area contributed by atoms with E-state index < -0.39 is 35.6 Å². The number of aliphatic carboxylic acids is 1. The number of ether oxygens (including phenoxy) is 1. The van der Waals surface area contributed by atoms with Gasteiger partial charge in [0.1, 0.15) is 11.4 Å². The fraction of sp³-hybridized carbons (Fsp3) is 0.643. The van der Waals surface area contributed by atoms with Gasteiger partial charge in [0.2, 0.25) is 11.8 Å². The Kier molecular flexibility index (Phi) is 4.91. The van der Waals surface area contributed by atoms with Gasteiger partial charge in [-0.05, 0) is 19.8 Å². The van der Waals surface area contributed by atoms with Crippen LogP contribution in [0, 0.1) is 5.92 Å². The van der Waals surface area contributed by atoms with E-state index in [-0.39, 0.29) is 18.3 Å². The van der Waals surface area contributed by atoms with Crippen molar-refractivity contribution in [1.82, 2.24) is 15.3 Å². The normalized spacial score (nSPS) is 30.2. The number of carbonyl (C=O) groups excluding carboxylic acids is 1. The summed E-state index contributed by atoms with van der Waals surface area (Å²) in [6.07, 6.45) is -1.11. The Bertz CT molecular complexity index is 638. The molecule has 0 unspecified atom stereocenters. The minimum absolute atomic E-state index is 0.0667. The largest absolute Gasteiger partial charge is 0.512 e. The van der Waals surface area contributed by atoms with E-state index >= 15 is 0 Å². The fourth-order valence-electron chi connectivity index (χ4n) is 3.30. The standard InChI is InChI=1S/C14H19N3O7S/c1-6(18)9-10(19)17-11(24-14(22)23)8(25-12(9)17)5-15-16-4-2-3-7(16)13(20)21/h6-7,9,12,15,18H,2-5H2,1H3,(H,20,21)(H,22,23)/t6-,7-,9+,12-/m1/s1. The maximum absolute atomic E-state index is 12.2. The van der Waals surface area contributed by atoms with Gasteiger partial charge in [-0.2, -0.15) is 0 Å². The molecule has 0 aromatic carbocycles. The molecule has 3 rings (SSSR count). The van der Waals surface area contributed by atoms with E-state index in [1.165, 1.54) is 23.6 Å². The minimum Gasteiger partial charge on any atom is -0.480 e. The van der Waals surface area contributed by atoms with Gasteiger partial charge >= 0.3 is 12.1 Å². The van der Waals surface area contributed by atoms with Crippen LogP contribution in [0.15, 0.2) is 10.8 Å². The third kappa shape index (κ3) is 3.19. The summed E-state index contributed by atoms with van der Waals surface area (Å²) >= 11 is 1.24. The Morgan fingerprint density at radius 3 is 2.76 bits per heavy atom. The summed E-state index contributed by atoms with van der Waals surface area (Å²) in [6.45, 7) is 2.21. The average molecular weight is 373 g/mol. The van der Waals surface area contributed by atoms with Gasteiger partial charge in [0, 0.05) is 13.1 Å². The minimum atomic E-state index is -1.54. The molecular formula is C14H19N3O7S. The first kappa shape index (κ1) is 18.0.